The van der Waals surface area contributed by atoms with Crippen LogP contribution in [0.15, 0.2) is 28.2 Å². The van der Waals surface area contributed by atoms with Crippen LogP contribution >= 0.6 is 11.8 Å². The Kier molecular flexibility index (Phi) is 6.08. The molecular formula is C18H18F2N4O3S. The maximum atomic E-state index is 13.3. The lowest BCUT2D eigenvalue weighted by Crippen LogP contribution is -2.36. The number of anilines is 2. The molecule has 1 aromatic carbocycles. The zero-order chi connectivity index (χ0) is 20.3. The minimum absolute atomic E-state index is 0.0221. The van der Waals surface area contributed by atoms with Gasteiger partial charge in [-0.15, -0.1) is 0 Å². The van der Waals surface area contributed by atoms with Crippen molar-refractivity contribution in [3.8, 4) is 0 Å². The number of hydrogen-bond acceptors (Lipinski definition) is 5. The van der Waals surface area contributed by atoms with Crippen molar-refractivity contribution >= 4 is 35.1 Å². The lowest BCUT2D eigenvalue weighted by atomic mass is 9.92. The third-order valence-electron chi connectivity index (χ3n) is 4.11. The van der Waals surface area contributed by atoms with Crippen molar-refractivity contribution in [2.24, 2.45) is 0 Å². The molecule has 148 valence electrons. The topological polar surface area (TPSA) is 104 Å². The Morgan fingerprint density at radius 1 is 1.29 bits per heavy atom. The van der Waals surface area contributed by atoms with Crippen LogP contribution in [-0.4, -0.2) is 27.5 Å². The molecule has 0 bridgehead atoms. The first-order chi connectivity index (χ1) is 13.4. The Morgan fingerprint density at radius 3 is 2.68 bits per heavy atom. The van der Waals surface area contributed by atoms with Gasteiger partial charge in [0, 0.05) is 23.9 Å². The molecule has 1 aliphatic heterocycles. The summed E-state index contributed by atoms with van der Waals surface area (Å²) in [5, 5.41) is 5.22. The molecule has 1 aromatic heterocycles. The zero-order valence-electron chi connectivity index (χ0n) is 15.0. The number of unbranched alkanes of at least 4 members (excludes halogenated alkanes) is 1. The van der Waals surface area contributed by atoms with Gasteiger partial charge in [0.15, 0.2) is 5.16 Å². The number of carbonyl (C=O) groups is 2. The number of hydrogen-bond donors (Lipinski definition) is 3. The fourth-order valence-corrected chi connectivity index (χ4v) is 3.76. The number of benzene rings is 1. The number of amides is 2. The van der Waals surface area contributed by atoms with E-state index in [1.54, 1.807) is 0 Å². The highest BCUT2D eigenvalue weighted by molar-refractivity contribution is 7.99. The molecule has 0 saturated carbocycles. The smallest absolute Gasteiger partial charge is 0.257 e. The van der Waals surface area contributed by atoms with Crippen molar-refractivity contribution < 1.29 is 18.4 Å². The van der Waals surface area contributed by atoms with Crippen molar-refractivity contribution in [3.05, 3.63) is 45.8 Å². The fourth-order valence-electron chi connectivity index (χ4n) is 2.81. The normalized spacial score (nSPS) is 15.7. The van der Waals surface area contributed by atoms with Crippen LogP contribution in [0.5, 0.6) is 0 Å². The zero-order valence-corrected chi connectivity index (χ0v) is 15.8. The van der Waals surface area contributed by atoms with E-state index in [2.05, 4.69) is 20.6 Å². The van der Waals surface area contributed by atoms with Gasteiger partial charge in [-0.05, 0) is 18.6 Å². The number of rotatable bonds is 6. The molecule has 2 aromatic rings. The predicted octanol–water partition coefficient (Wildman–Crippen LogP) is 3.00. The maximum absolute atomic E-state index is 13.3. The number of H-pyrrole nitrogens is 1. The molecule has 2 heterocycles. The Morgan fingerprint density at radius 2 is 2.00 bits per heavy atom. The molecule has 10 heteroatoms. The summed E-state index contributed by atoms with van der Waals surface area (Å²) in [5.41, 5.74) is -0.616. The van der Waals surface area contributed by atoms with E-state index in [1.165, 1.54) is 11.8 Å². The second-order valence-electron chi connectivity index (χ2n) is 6.29. The van der Waals surface area contributed by atoms with Gasteiger partial charge in [-0.3, -0.25) is 14.4 Å². The number of aromatic nitrogens is 2. The molecule has 3 N–H and O–H groups in total. The number of nitrogens with zero attached hydrogens (tertiary/aromatic N) is 1. The largest absolute Gasteiger partial charge is 0.325 e. The number of halogens is 2. The third-order valence-corrected chi connectivity index (χ3v) is 5.07. The second-order valence-corrected chi connectivity index (χ2v) is 7.37. The van der Waals surface area contributed by atoms with Gasteiger partial charge in [0.2, 0.25) is 11.8 Å². The number of carbonyl (C=O) groups excluding carboxylic acids is 2. The minimum Gasteiger partial charge on any atom is -0.325 e. The number of fused-ring (bicyclic) bond motifs is 1. The number of aromatic amines is 1. The lowest BCUT2D eigenvalue weighted by Gasteiger charge is -2.23. The Bertz CT molecular complexity index is 960. The molecule has 2 amide bonds. The van der Waals surface area contributed by atoms with E-state index >= 15 is 0 Å². The van der Waals surface area contributed by atoms with E-state index < -0.39 is 34.9 Å². The molecule has 1 aliphatic rings. The second kappa shape index (κ2) is 8.51. The van der Waals surface area contributed by atoms with Gasteiger partial charge >= 0.3 is 0 Å². The minimum atomic E-state index is -1.12. The van der Waals surface area contributed by atoms with E-state index in [9.17, 15) is 23.2 Å². The van der Waals surface area contributed by atoms with Gasteiger partial charge in [-0.2, -0.15) is 0 Å². The Hall–Kier alpha value is -2.75. The number of nitrogens with one attached hydrogen (secondary N) is 3. The van der Waals surface area contributed by atoms with Crippen LogP contribution in [0, 0.1) is 11.6 Å². The quantitative estimate of drug-likeness (QED) is 0.387. The van der Waals surface area contributed by atoms with Crippen LogP contribution in [0.4, 0.5) is 20.3 Å². The summed E-state index contributed by atoms with van der Waals surface area (Å²) >= 11 is 1.35. The van der Waals surface area contributed by atoms with Crippen LogP contribution in [-0.2, 0) is 9.59 Å². The molecule has 1 atom stereocenters. The summed E-state index contributed by atoms with van der Waals surface area (Å²) in [7, 11) is 0. The molecule has 3 rings (SSSR count). The molecule has 0 fully saturated rings. The highest BCUT2D eigenvalue weighted by Gasteiger charge is 2.34. The monoisotopic (exact) mass is 408 g/mol. The summed E-state index contributed by atoms with van der Waals surface area (Å²) in [5.74, 6) is -3.25. The third kappa shape index (κ3) is 4.56. The van der Waals surface area contributed by atoms with Crippen LogP contribution in [0.25, 0.3) is 0 Å². The van der Waals surface area contributed by atoms with Crippen molar-refractivity contribution in [1.29, 1.82) is 0 Å². The predicted molar refractivity (Wildman–Crippen MR) is 101 cm³/mol. The van der Waals surface area contributed by atoms with Crippen LogP contribution in [0.2, 0.25) is 0 Å². The first-order valence-electron chi connectivity index (χ1n) is 8.71. The Labute approximate surface area is 163 Å². The molecule has 0 saturated heterocycles. The van der Waals surface area contributed by atoms with Crippen molar-refractivity contribution in [1.82, 2.24) is 9.97 Å². The van der Waals surface area contributed by atoms with Gasteiger partial charge in [0.1, 0.15) is 17.5 Å². The highest BCUT2D eigenvalue weighted by Crippen LogP contribution is 2.30. The van der Waals surface area contributed by atoms with E-state index in [4.69, 9.17) is 0 Å². The van der Waals surface area contributed by atoms with Gasteiger partial charge in [-0.25, -0.2) is 13.8 Å². The average molecular weight is 408 g/mol. The van der Waals surface area contributed by atoms with E-state index in [-0.39, 0.29) is 23.5 Å². The molecule has 0 radical (unpaired) electrons. The first kappa shape index (κ1) is 20.0. The molecule has 0 aliphatic carbocycles. The van der Waals surface area contributed by atoms with E-state index in [1.807, 2.05) is 6.92 Å². The fraction of sp³-hybridized carbons (Fsp3) is 0.333. The van der Waals surface area contributed by atoms with Gasteiger partial charge in [0.05, 0.1) is 11.5 Å². The average Bonchev–Trinajstić information content (AvgIpc) is 2.60. The lowest BCUT2D eigenvalue weighted by molar-refractivity contribution is -0.123. The van der Waals surface area contributed by atoms with Crippen LogP contribution in [0.1, 0.15) is 37.7 Å². The van der Waals surface area contributed by atoms with Crippen LogP contribution in [0.3, 0.4) is 0 Å². The van der Waals surface area contributed by atoms with Gasteiger partial charge in [-0.1, -0.05) is 25.1 Å². The molecule has 0 unspecified atom stereocenters. The van der Waals surface area contributed by atoms with Crippen molar-refractivity contribution in [3.63, 3.8) is 0 Å². The summed E-state index contributed by atoms with van der Waals surface area (Å²) in [4.78, 5) is 44.0. The Balaban J connectivity index is 1.88. The van der Waals surface area contributed by atoms with Crippen LogP contribution < -0.4 is 16.2 Å². The molecule has 28 heavy (non-hydrogen) atoms. The standard InChI is InChI=1S/C18H18F2N4O3S/c1-2-3-4-28-18-23-15-14(17(27)24-18)12(8-13(25)22-15)16(26)21-11-6-9(19)5-10(20)7-11/h5-7,12H,2-4,8H2,1H3,(H,21,26)(H2,22,23,24,25,27)/t12-/m1/s1. The summed E-state index contributed by atoms with van der Waals surface area (Å²) in [6.45, 7) is 2.04. The SMILES string of the molecule is CCCCSc1nc2c(c(=O)[nH]1)[C@H](C(=O)Nc1cc(F)cc(F)c1)CC(=O)N2. The summed E-state index contributed by atoms with van der Waals surface area (Å²) in [6, 6.07) is 2.56. The molecular weight excluding hydrogens is 390 g/mol. The molecule has 7 nitrogen and oxygen atoms in total. The summed E-state index contributed by atoms with van der Waals surface area (Å²) < 4.78 is 26.7. The first-order valence-corrected chi connectivity index (χ1v) is 9.69. The van der Waals surface area contributed by atoms with Gasteiger partial charge in [0.25, 0.3) is 5.56 Å². The van der Waals surface area contributed by atoms with Crippen molar-refractivity contribution in [2.45, 2.75) is 37.3 Å². The summed E-state index contributed by atoms with van der Waals surface area (Å²) in [6.07, 6.45) is 1.65. The van der Waals surface area contributed by atoms with E-state index in [0.29, 0.717) is 11.2 Å². The van der Waals surface area contributed by atoms with E-state index in [0.717, 1.165) is 30.7 Å². The number of thioether (sulfide) groups is 1. The van der Waals surface area contributed by atoms with Gasteiger partial charge < -0.3 is 15.6 Å². The highest BCUT2D eigenvalue weighted by atomic mass is 32.2. The van der Waals surface area contributed by atoms with Crippen molar-refractivity contribution in [2.75, 3.05) is 16.4 Å². The maximum Gasteiger partial charge on any atom is 0.257 e. The molecule has 0 spiro atoms.